The standard InChI is InChI=1S/C58H65N3O7/c59-55-28-40-15-12-37(10-11-38-13-17-46(63)18-14-38)6-5-7-48-29-47(64)19-16-39-27-54(53(65)26-42(39)33-62)68-34-43-25-44(24-41-31-61(32-49(41)43)56(60-55)50(40)36-67-48)58-22-23-66-35-45(58)30-57(20-3-4-21-57)51-8-1-2-9-52(51)58/h1-2,8-9,13-14,17-18,24-28,31-32,37,45,47-48,55,60,62-65H,3-7,10-11,16,19-23,29-30,33-36,59H2/t37-,45-,47+,48-,55?,58-/m0/s1. The zero-order valence-corrected chi connectivity index (χ0v) is 39.0. The fourth-order valence-corrected chi connectivity index (χ4v) is 13.0. The Labute approximate surface area is 399 Å². The van der Waals surface area contributed by atoms with Crippen LogP contribution in [0, 0.1) is 23.7 Å². The molecule has 0 amide bonds. The molecular formula is C58H65N3O7. The molecule has 1 aromatic heterocycles. The van der Waals surface area contributed by atoms with E-state index >= 15 is 0 Å². The van der Waals surface area contributed by atoms with Crippen LogP contribution in [0.2, 0.25) is 0 Å². The minimum absolute atomic E-state index is 0.0279. The molecule has 2 fully saturated rings. The molecule has 4 aromatic carbocycles. The maximum atomic E-state index is 11.7. The molecule has 5 heterocycles. The Morgan fingerprint density at radius 2 is 1.72 bits per heavy atom. The average molecular weight is 916 g/mol. The Bertz CT molecular complexity index is 2810. The molecular weight excluding hydrogens is 851 g/mol. The number of aliphatic hydroxyl groups excluding tert-OH is 2. The van der Waals surface area contributed by atoms with Crippen LogP contribution in [0.5, 0.6) is 17.2 Å². The van der Waals surface area contributed by atoms with Crippen molar-refractivity contribution in [3.05, 3.63) is 141 Å². The number of ether oxygens (including phenoxy) is 3. The molecule has 6 bridgehead atoms. The molecule has 7 N–H and O–H groups in total. The van der Waals surface area contributed by atoms with Crippen LogP contribution in [0.3, 0.4) is 0 Å². The van der Waals surface area contributed by atoms with Crippen LogP contribution < -0.4 is 15.8 Å². The maximum Gasteiger partial charge on any atom is 0.161 e. The van der Waals surface area contributed by atoms with Crippen molar-refractivity contribution < 1.29 is 34.6 Å². The summed E-state index contributed by atoms with van der Waals surface area (Å²) in [6.07, 6.45) is 17.5. The molecule has 1 unspecified atom stereocenters. The lowest BCUT2D eigenvalue weighted by Crippen LogP contribution is -2.51. The van der Waals surface area contributed by atoms with Crippen molar-refractivity contribution in [1.82, 2.24) is 9.88 Å². The van der Waals surface area contributed by atoms with Crippen LogP contribution in [-0.4, -0.2) is 63.2 Å². The van der Waals surface area contributed by atoms with Crippen LogP contribution >= 0.6 is 0 Å². The van der Waals surface area contributed by atoms with Crippen LogP contribution in [0.15, 0.2) is 102 Å². The number of dihydropyridines is 1. The summed E-state index contributed by atoms with van der Waals surface area (Å²) in [5.41, 5.74) is 16.3. The summed E-state index contributed by atoms with van der Waals surface area (Å²) < 4.78 is 22.1. The van der Waals surface area contributed by atoms with E-state index in [1.54, 1.807) is 18.2 Å². The van der Waals surface area contributed by atoms with Crippen molar-refractivity contribution in [1.29, 1.82) is 0 Å². The number of aromatic hydroxyl groups is 2. The number of phenolic OH excluding ortho intramolecular Hbond substituents is 2. The van der Waals surface area contributed by atoms with Crippen molar-refractivity contribution in [2.24, 2.45) is 17.6 Å². The summed E-state index contributed by atoms with van der Waals surface area (Å²) in [6.45, 7) is 1.63. The highest BCUT2D eigenvalue weighted by Crippen LogP contribution is 2.60. The molecule has 68 heavy (non-hydrogen) atoms. The van der Waals surface area contributed by atoms with Crippen molar-refractivity contribution in [2.75, 3.05) is 19.8 Å². The highest BCUT2D eigenvalue weighted by molar-refractivity contribution is 5.88. The lowest BCUT2D eigenvalue weighted by atomic mass is 9.51. The van der Waals surface area contributed by atoms with Crippen LogP contribution in [0.25, 0.3) is 16.6 Å². The molecule has 1 spiro atoms. The normalized spacial score (nSPS) is 26.9. The predicted molar refractivity (Wildman–Crippen MR) is 264 cm³/mol. The average Bonchev–Trinajstić information content (AvgIpc) is 4.00. The molecule has 1 saturated carbocycles. The highest BCUT2D eigenvalue weighted by Gasteiger charge is 2.55. The number of benzene rings is 4. The fourth-order valence-electron chi connectivity index (χ4n) is 13.0. The number of rotatable bonds is 5. The number of hydrogen-bond acceptors (Lipinski definition) is 9. The number of nitrogens with zero attached hydrogens (tertiary/aromatic N) is 1. The zero-order chi connectivity index (χ0) is 46.4. The van der Waals surface area contributed by atoms with Gasteiger partial charge in [0.25, 0.3) is 0 Å². The van der Waals surface area contributed by atoms with Gasteiger partial charge < -0.3 is 50.3 Å². The second kappa shape index (κ2) is 18.8. The Morgan fingerprint density at radius 1 is 0.882 bits per heavy atom. The van der Waals surface area contributed by atoms with Gasteiger partial charge in [0.2, 0.25) is 0 Å². The Kier molecular flexibility index (Phi) is 12.4. The quantitative estimate of drug-likeness (QED) is 0.0949. The Balaban J connectivity index is 1.07. The van der Waals surface area contributed by atoms with Crippen molar-refractivity contribution in [3.8, 4) is 29.1 Å². The minimum Gasteiger partial charge on any atom is -0.508 e. The summed E-state index contributed by atoms with van der Waals surface area (Å²) in [5.74, 6) is 9.09. The van der Waals surface area contributed by atoms with Gasteiger partial charge in [0.15, 0.2) is 11.5 Å². The van der Waals surface area contributed by atoms with E-state index in [1.165, 1.54) is 42.4 Å². The van der Waals surface area contributed by atoms with E-state index in [-0.39, 0.29) is 54.2 Å². The summed E-state index contributed by atoms with van der Waals surface area (Å²) in [4.78, 5) is 0. The van der Waals surface area contributed by atoms with Gasteiger partial charge in [-0.1, -0.05) is 67.1 Å². The molecule has 10 nitrogen and oxygen atoms in total. The minimum atomic E-state index is -0.666. The molecule has 1 saturated heterocycles. The number of fused-ring (bicyclic) bond motifs is 10. The van der Waals surface area contributed by atoms with Gasteiger partial charge in [-0.3, -0.25) is 0 Å². The SMILES string of the molecule is NC1C=C2C#C[C@H](CCc3ccc(O)cc3)CCC[C@H]3C[C@H](O)CCc4cc(c(O)cc4CO)OCc4cc([C@@]56CCOC[C@@H]5CC5(CCCC5)c5ccccc56)cc5cn(cc45)C(=C2CO3)N1. The summed E-state index contributed by atoms with van der Waals surface area (Å²) in [6, 6.07) is 24.9. The first-order chi connectivity index (χ1) is 33.2. The van der Waals surface area contributed by atoms with Crippen molar-refractivity contribution in [3.63, 3.8) is 0 Å². The topological polar surface area (TPSA) is 152 Å². The van der Waals surface area contributed by atoms with Crippen LogP contribution in [-0.2, 0) is 46.4 Å². The molecule has 2 aliphatic carbocycles. The summed E-state index contributed by atoms with van der Waals surface area (Å²) >= 11 is 0. The number of aromatic nitrogens is 1. The summed E-state index contributed by atoms with van der Waals surface area (Å²) in [5, 5.41) is 49.1. The third-order valence-electron chi connectivity index (χ3n) is 16.5. The van der Waals surface area contributed by atoms with Gasteiger partial charge >= 0.3 is 0 Å². The van der Waals surface area contributed by atoms with E-state index in [1.807, 2.05) is 24.3 Å². The Morgan fingerprint density at radius 3 is 2.56 bits per heavy atom. The third-order valence-corrected chi connectivity index (χ3v) is 16.5. The van der Waals surface area contributed by atoms with Gasteiger partial charge in [0.05, 0.1) is 38.2 Å². The largest absolute Gasteiger partial charge is 0.508 e. The number of aryl methyl sites for hydroxylation is 2. The lowest BCUT2D eigenvalue weighted by Gasteiger charge is -2.54. The van der Waals surface area contributed by atoms with E-state index in [0.29, 0.717) is 43.1 Å². The number of phenols is 2. The van der Waals surface area contributed by atoms with E-state index in [4.69, 9.17) is 19.9 Å². The smallest absolute Gasteiger partial charge is 0.161 e. The predicted octanol–water partition coefficient (Wildman–Crippen LogP) is 9.16. The first kappa shape index (κ1) is 44.9. The second-order valence-corrected chi connectivity index (χ2v) is 20.6. The van der Waals surface area contributed by atoms with Crippen LogP contribution in [0.4, 0.5) is 0 Å². The number of aliphatic hydroxyl groups is 2. The highest BCUT2D eigenvalue weighted by atomic mass is 16.5. The maximum absolute atomic E-state index is 11.7. The second-order valence-electron chi connectivity index (χ2n) is 20.6. The van der Waals surface area contributed by atoms with Gasteiger partial charge in [-0.15, -0.1) is 0 Å². The monoisotopic (exact) mass is 915 g/mol. The van der Waals surface area contributed by atoms with Gasteiger partial charge in [-0.05, 0) is 164 Å². The molecule has 5 aromatic rings. The van der Waals surface area contributed by atoms with E-state index in [0.717, 1.165) is 96.0 Å². The van der Waals surface area contributed by atoms with Crippen molar-refractivity contribution in [2.45, 2.75) is 132 Å². The van der Waals surface area contributed by atoms with Gasteiger partial charge in [-0.25, -0.2) is 0 Å². The molecule has 4 aliphatic heterocycles. The van der Waals surface area contributed by atoms with Gasteiger partial charge in [-0.2, -0.15) is 0 Å². The first-order valence-corrected chi connectivity index (χ1v) is 25.2. The van der Waals surface area contributed by atoms with E-state index in [9.17, 15) is 20.4 Å². The Hall–Kier alpha value is -5.54. The van der Waals surface area contributed by atoms with E-state index in [2.05, 4.69) is 70.5 Å². The number of nitrogens with two attached hydrogens (primary N) is 1. The zero-order valence-electron chi connectivity index (χ0n) is 39.0. The van der Waals surface area contributed by atoms with Crippen LogP contribution in [0.1, 0.15) is 116 Å². The molecule has 6 atom stereocenters. The summed E-state index contributed by atoms with van der Waals surface area (Å²) in [7, 11) is 0. The number of hydrogen-bond donors (Lipinski definition) is 6. The lowest BCUT2D eigenvalue weighted by molar-refractivity contribution is -0.00873. The number of nitrogens with one attached hydrogen (secondary N) is 1. The van der Waals surface area contributed by atoms with Gasteiger partial charge in [0, 0.05) is 52.3 Å². The molecule has 11 rings (SSSR count). The molecule has 10 heteroatoms. The molecule has 6 aliphatic rings. The third kappa shape index (κ3) is 8.51. The molecule has 0 radical (unpaired) electrons. The van der Waals surface area contributed by atoms with Gasteiger partial charge in [0.1, 0.15) is 18.2 Å². The fraction of sp³-hybridized carbons (Fsp3) is 0.448. The van der Waals surface area contributed by atoms with Crippen molar-refractivity contribution >= 4 is 16.6 Å². The first-order valence-electron chi connectivity index (χ1n) is 25.2. The molecule has 354 valence electrons. The van der Waals surface area contributed by atoms with E-state index < -0.39 is 12.3 Å².